The normalized spacial score (nSPS) is 26.1. The van der Waals surface area contributed by atoms with Crippen molar-refractivity contribution in [2.24, 2.45) is 11.8 Å². The molecule has 0 saturated carbocycles. The van der Waals surface area contributed by atoms with E-state index in [1.54, 1.807) is 0 Å². The predicted octanol–water partition coefficient (Wildman–Crippen LogP) is 1.09. The summed E-state index contributed by atoms with van der Waals surface area (Å²) in [7, 11) is 2.17. The Hall–Kier alpha value is -1.10. The van der Waals surface area contributed by atoms with E-state index in [4.69, 9.17) is 0 Å². The lowest BCUT2D eigenvalue weighted by atomic mass is 9.93. The van der Waals surface area contributed by atoms with E-state index in [2.05, 4.69) is 17.3 Å². The molecule has 0 aromatic heterocycles. The molecule has 2 rings (SSSR count). The average Bonchev–Trinajstić information content (AvgIpc) is 2.59. The monoisotopic (exact) mass is 295 g/mol. The Morgan fingerprint density at radius 2 is 1.86 bits per heavy atom. The molecule has 0 aliphatic carbocycles. The molecule has 5 heteroatoms. The van der Waals surface area contributed by atoms with Crippen molar-refractivity contribution < 1.29 is 9.59 Å². The lowest BCUT2D eigenvalue weighted by Gasteiger charge is -2.31. The van der Waals surface area contributed by atoms with Crippen molar-refractivity contribution in [3.8, 4) is 0 Å². The number of nitrogens with one attached hydrogen (secondary N) is 1. The number of hydrogen-bond acceptors (Lipinski definition) is 3. The van der Waals surface area contributed by atoms with Gasteiger partial charge in [-0.3, -0.25) is 9.59 Å². The van der Waals surface area contributed by atoms with Crippen LogP contribution in [0.3, 0.4) is 0 Å². The number of likely N-dealkylation sites (tertiary alicyclic amines) is 1. The molecule has 1 atom stereocenters. The number of rotatable bonds is 4. The van der Waals surface area contributed by atoms with Crippen LogP contribution >= 0.6 is 0 Å². The van der Waals surface area contributed by atoms with Gasteiger partial charge in [0.1, 0.15) is 6.04 Å². The Balaban J connectivity index is 1.88. The van der Waals surface area contributed by atoms with Crippen LogP contribution in [0.25, 0.3) is 0 Å². The third kappa shape index (κ3) is 4.43. The second kappa shape index (κ2) is 7.25. The number of nitrogens with zero attached hydrogens (tertiary/aromatic N) is 2. The average molecular weight is 295 g/mol. The summed E-state index contributed by atoms with van der Waals surface area (Å²) in [6.45, 7) is 7.67. The summed E-state index contributed by atoms with van der Waals surface area (Å²) in [4.78, 5) is 28.6. The van der Waals surface area contributed by atoms with E-state index in [-0.39, 0.29) is 23.8 Å². The highest BCUT2D eigenvalue weighted by molar-refractivity contribution is 5.90. The van der Waals surface area contributed by atoms with Gasteiger partial charge >= 0.3 is 0 Å². The van der Waals surface area contributed by atoms with E-state index in [0.717, 1.165) is 32.0 Å². The lowest BCUT2D eigenvalue weighted by Crippen LogP contribution is -2.48. The van der Waals surface area contributed by atoms with Crippen molar-refractivity contribution in [2.75, 3.05) is 33.2 Å². The number of carbonyl (C=O) groups is 2. The molecule has 0 bridgehead atoms. The summed E-state index contributed by atoms with van der Waals surface area (Å²) < 4.78 is 0. The van der Waals surface area contributed by atoms with Crippen molar-refractivity contribution in [3.05, 3.63) is 0 Å². The molecule has 2 saturated heterocycles. The van der Waals surface area contributed by atoms with Gasteiger partial charge in [-0.25, -0.2) is 0 Å². The van der Waals surface area contributed by atoms with Gasteiger partial charge in [-0.1, -0.05) is 13.8 Å². The molecule has 2 heterocycles. The van der Waals surface area contributed by atoms with Gasteiger partial charge in [0.05, 0.1) is 0 Å². The highest BCUT2D eigenvalue weighted by Crippen LogP contribution is 2.21. The van der Waals surface area contributed by atoms with Crippen LogP contribution in [-0.4, -0.2) is 60.9 Å². The third-order valence-electron chi connectivity index (χ3n) is 4.82. The van der Waals surface area contributed by atoms with E-state index in [9.17, 15) is 9.59 Å². The van der Waals surface area contributed by atoms with Gasteiger partial charge < -0.3 is 15.1 Å². The summed E-state index contributed by atoms with van der Waals surface area (Å²) in [5.41, 5.74) is 0. The Labute approximate surface area is 128 Å². The minimum atomic E-state index is -0.350. The second-order valence-electron chi connectivity index (χ2n) is 6.90. The maximum Gasteiger partial charge on any atom is 0.245 e. The van der Waals surface area contributed by atoms with Gasteiger partial charge in [0.15, 0.2) is 0 Å². The quantitative estimate of drug-likeness (QED) is 0.845. The van der Waals surface area contributed by atoms with Crippen molar-refractivity contribution in [3.63, 3.8) is 0 Å². The van der Waals surface area contributed by atoms with Gasteiger partial charge in [0.25, 0.3) is 0 Å². The molecule has 1 N–H and O–H groups in total. The van der Waals surface area contributed by atoms with Crippen LogP contribution in [0, 0.1) is 11.8 Å². The topological polar surface area (TPSA) is 52.7 Å². The summed E-state index contributed by atoms with van der Waals surface area (Å²) in [6.07, 6.45) is 3.95. The molecule has 21 heavy (non-hydrogen) atoms. The standard InChI is InChI=1S/C16H29N3O2/c1-12(2)15-16(21)19(11-7-14(20)17-15)10-6-13-4-8-18(3)9-5-13/h12-13,15H,4-11H2,1-3H3,(H,17,20). The van der Waals surface area contributed by atoms with Crippen molar-refractivity contribution in [1.82, 2.24) is 15.1 Å². The van der Waals surface area contributed by atoms with E-state index in [1.165, 1.54) is 12.8 Å². The first-order valence-electron chi connectivity index (χ1n) is 8.24. The molecule has 0 aromatic rings. The van der Waals surface area contributed by atoms with Gasteiger partial charge in [-0.15, -0.1) is 0 Å². The molecule has 2 fully saturated rings. The Kier molecular flexibility index (Phi) is 5.62. The highest BCUT2D eigenvalue weighted by atomic mass is 16.2. The fraction of sp³-hybridized carbons (Fsp3) is 0.875. The first-order valence-corrected chi connectivity index (χ1v) is 8.24. The molecule has 2 amide bonds. The molecule has 1 unspecified atom stereocenters. The van der Waals surface area contributed by atoms with Crippen LogP contribution in [0.1, 0.15) is 39.5 Å². The van der Waals surface area contributed by atoms with Gasteiger partial charge in [0, 0.05) is 19.5 Å². The smallest absolute Gasteiger partial charge is 0.245 e. The van der Waals surface area contributed by atoms with Crippen molar-refractivity contribution in [1.29, 1.82) is 0 Å². The van der Waals surface area contributed by atoms with E-state index in [1.807, 2.05) is 18.7 Å². The molecule has 5 nitrogen and oxygen atoms in total. The number of hydrogen-bond donors (Lipinski definition) is 1. The molecule has 2 aliphatic rings. The van der Waals surface area contributed by atoms with Crippen molar-refractivity contribution >= 4 is 11.8 Å². The zero-order valence-corrected chi connectivity index (χ0v) is 13.6. The number of piperidine rings is 1. The molecule has 120 valence electrons. The minimum absolute atomic E-state index is 0.00356. The summed E-state index contributed by atoms with van der Waals surface area (Å²) in [6, 6.07) is -0.350. The Bertz CT molecular complexity index is 376. The van der Waals surface area contributed by atoms with E-state index >= 15 is 0 Å². The van der Waals surface area contributed by atoms with Gasteiger partial charge in [0.2, 0.25) is 11.8 Å². The summed E-state index contributed by atoms with van der Waals surface area (Å²) in [5, 5.41) is 2.86. The van der Waals surface area contributed by atoms with Crippen LogP contribution in [0.2, 0.25) is 0 Å². The fourth-order valence-electron chi connectivity index (χ4n) is 3.21. The minimum Gasteiger partial charge on any atom is -0.344 e. The maximum atomic E-state index is 12.6. The Morgan fingerprint density at radius 1 is 1.19 bits per heavy atom. The van der Waals surface area contributed by atoms with Crippen LogP contribution in [-0.2, 0) is 9.59 Å². The number of amides is 2. The first-order chi connectivity index (χ1) is 9.97. The zero-order chi connectivity index (χ0) is 15.4. The lowest BCUT2D eigenvalue weighted by molar-refractivity contribution is -0.134. The molecule has 0 radical (unpaired) electrons. The fourth-order valence-corrected chi connectivity index (χ4v) is 3.21. The third-order valence-corrected chi connectivity index (χ3v) is 4.82. The summed E-state index contributed by atoms with van der Waals surface area (Å²) in [5.74, 6) is 0.969. The van der Waals surface area contributed by atoms with E-state index in [0.29, 0.717) is 13.0 Å². The van der Waals surface area contributed by atoms with E-state index < -0.39 is 0 Å². The van der Waals surface area contributed by atoms with Crippen LogP contribution in [0.15, 0.2) is 0 Å². The molecular formula is C16H29N3O2. The van der Waals surface area contributed by atoms with Gasteiger partial charge in [-0.05, 0) is 51.2 Å². The highest BCUT2D eigenvalue weighted by Gasteiger charge is 2.32. The number of carbonyl (C=O) groups excluding carboxylic acids is 2. The van der Waals surface area contributed by atoms with Gasteiger partial charge in [-0.2, -0.15) is 0 Å². The van der Waals surface area contributed by atoms with Crippen LogP contribution < -0.4 is 5.32 Å². The molecule has 0 spiro atoms. The molecule has 0 aromatic carbocycles. The SMILES string of the molecule is CC(C)C1NC(=O)CCN(CCC2CCN(C)CC2)C1=O. The second-order valence-corrected chi connectivity index (χ2v) is 6.90. The molecular weight excluding hydrogens is 266 g/mol. The predicted molar refractivity (Wildman–Crippen MR) is 82.8 cm³/mol. The first kappa shape index (κ1) is 16.3. The van der Waals surface area contributed by atoms with Crippen molar-refractivity contribution in [2.45, 2.75) is 45.6 Å². The zero-order valence-electron chi connectivity index (χ0n) is 13.6. The van der Waals surface area contributed by atoms with Crippen LogP contribution in [0.5, 0.6) is 0 Å². The summed E-state index contributed by atoms with van der Waals surface area (Å²) >= 11 is 0. The largest absolute Gasteiger partial charge is 0.344 e. The Morgan fingerprint density at radius 3 is 2.48 bits per heavy atom. The maximum absolute atomic E-state index is 12.6. The van der Waals surface area contributed by atoms with Crippen LogP contribution in [0.4, 0.5) is 0 Å². The molecule has 2 aliphatic heterocycles.